The first-order valence-corrected chi connectivity index (χ1v) is 7.05. The lowest BCUT2D eigenvalue weighted by atomic mass is 10.4. The zero-order chi connectivity index (χ0) is 11.8. The molecule has 16 heavy (non-hydrogen) atoms. The van der Waals surface area contributed by atoms with Crippen LogP contribution in [0.3, 0.4) is 0 Å². The van der Waals surface area contributed by atoms with Crippen molar-refractivity contribution in [1.29, 1.82) is 0 Å². The molecule has 0 amide bonds. The van der Waals surface area contributed by atoms with Crippen molar-refractivity contribution in [3.8, 4) is 0 Å². The van der Waals surface area contributed by atoms with Gasteiger partial charge in [0.05, 0.1) is 30.6 Å². The summed E-state index contributed by atoms with van der Waals surface area (Å²) in [6, 6.07) is 0. The molecule has 0 radical (unpaired) electrons. The monoisotopic (exact) mass is 263 g/mol. The third-order valence-corrected chi connectivity index (χ3v) is 5.55. The van der Waals surface area contributed by atoms with Crippen LogP contribution >= 0.6 is 11.3 Å². The molecule has 0 saturated carbocycles. The molecule has 0 bridgehead atoms. The first-order valence-electron chi connectivity index (χ1n) is 4.79. The van der Waals surface area contributed by atoms with Crippen molar-refractivity contribution >= 4 is 21.4 Å². The summed E-state index contributed by atoms with van der Waals surface area (Å²) in [6.07, 6.45) is 0.762. The normalized spacial score (nSPS) is 23.5. The Balaban J connectivity index is 2.31. The van der Waals surface area contributed by atoms with Gasteiger partial charge in [-0.3, -0.25) is 0 Å². The lowest BCUT2D eigenvalue weighted by molar-refractivity contribution is 0.0351. The van der Waals surface area contributed by atoms with Crippen LogP contribution in [0.4, 0.5) is 0 Å². The minimum Gasteiger partial charge on any atom is -0.377 e. The molecule has 2 heterocycles. The van der Waals surface area contributed by atoms with E-state index in [4.69, 9.17) is 10.5 Å². The zero-order valence-corrected chi connectivity index (χ0v) is 10.4. The van der Waals surface area contributed by atoms with Crippen molar-refractivity contribution < 1.29 is 13.2 Å². The predicted molar refractivity (Wildman–Crippen MR) is 59.5 cm³/mol. The van der Waals surface area contributed by atoms with Gasteiger partial charge in [0.1, 0.15) is 0 Å². The molecule has 0 spiro atoms. The average molecular weight is 263 g/mol. The highest BCUT2D eigenvalue weighted by Crippen LogP contribution is 2.23. The number of hydrogen-bond donors (Lipinski definition) is 1. The lowest BCUT2D eigenvalue weighted by Crippen LogP contribution is -2.53. The Morgan fingerprint density at radius 3 is 3.00 bits per heavy atom. The number of morpholine rings is 1. The van der Waals surface area contributed by atoms with Crippen LogP contribution in [0, 0.1) is 6.92 Å². The van der Waals surface area contributed by atoms with E-state index in [0.717, 1.165) is 16.3 Å². The fraction of sp³-hybridized carbons (Fsp3) is 0.625. The van der Waals surface area contributed by atoms with Gasteiger partial charge in [0, 0.05) is 6.54 Å². The average Bonchev–Trinajstić information content (AvgIpc) is 2.66. The van der Waals surface area contributed by atoms with E-state index in [1.54, 1.807) is 6.92 Å². The Kier molecular flexibility index (Phi) is 3.27. The van der Waals surface area contributed by atoms with Gasteiger partial charge < -0.3 is 10.5 Å². The lowest BCUT2D eigenvalue weighted by Gasteiger charge is -2.31. The maximum atomic E-state index is 12.2. The molecular formula is C8H13N3O3S2. The van der Waals surface area contributed by atoms with Crippen LogP contribution in [0.15, 0.2) is 10.4 Å². The highest BCUT2D eigenvalue weighted by atomic mass is 32.2. The second-order valence-corrected chi connectivity index (χ2v) is 6.81. The SMILES string of the molecule is Cc1ncc(S(=O)(=O)N2CCOCC2N)s1. The number of aryl methyl sites for hydroxylation is 1. The van der Waals surface area contributed by atoms with Gasteiger partial charge in [0.2, 0.25) is 0 Å². The second-order valence-electron chi connectivity index (χ2n) is 3.46. The van der Waals surface area contributed by atoms with Gasteiger partial charge in [-0.05, 0) is 6.92 Å². The van der Waals surface area contributed by atoms with Crippen LogP contribution in [0.1, 0.15) is 5.01 Å². The minimum atomic E-state index is -3.51. The summed E-state index contributed by atoms with van der Waals surface area (Å²) in [4.78, 5) is 3.94. The fourth-order valence-electron chi connectivity index (χ4n) is 1.48. The molecule has 2 N–H and O–H groups in total. The number of nitrogens with two attached hydrogens (primary N) is 1. The Hall–Kier alpha value is -0.540. The topological polar surface area (TPSA) is 85.5 Å². The highest BCUT2D eigenvalue weighted by Gasteiger charge is 2.33. The van der Waals surface area contributed by atoms with Gasteiger partial charge >= 0.3 is 0 Å². The predicted octanol–water partition coefficient (Wildman–Crippen LogP) is -0.243. The molecule has 6 nitrogen and oxygen atoms in total. The smallest absolute Gasteiger partial charge is 0.255 e. The summed E-state index contributed by atoms with van der Waals surface area (Å²) < 4.78 is 31.0. The van der Waals surface area contributed by atoms with Crippen molar-refractivity contribution in [1.82, 2.24) is 9.29 Å². The van der Waals surface area contributed by atoms with E-state index >= 15 is 0 Å². The van der Waals surface area contributed by atoms with Gasteiger partial charge in [-0.15, -0.1) is 11.3 Å². The van der Waals surface area contributed by atoms with Crippen LogP contribution in [0.5, 0.6) is 0 Å². The van der Waals surface area contributed by atoms with Crippen molar-refractivity contribution in [2.75, 3.05) is 19.8 Å². The molecule has 1 aliphatic heterocycles. The molecule has 1 aromatic heterocycles. The maximum absolute atomic E-state index is 12.2. The molecule has 1 saturated heterocycles. The quantitative estimate of drug-likeness (QED) is 0.795. The van der Waals surface area contributed by atoms with Gasteiger partial charge in [-0.2, -0.15) is 4.31 Å². The second kappa shape index (κ2) is 4.38. The Morgan fingerprint density at radius 2 is 2.44 bits per heavy atom. The van der Waals surface area contributed by atoms with Crippen LogP contribution in [0.2, 0.25) is 0 Å². The van der Waals surface area contributed by atoms with E-state index in [-0.39, 0.29) is 10.8 Å². The van der Waals surface area contributed by atoms with E-state index in [9.17, 15) is 8.42 Å². The molecule has 1 atom stereocenters. The number of rotatable bonds is 2. The van der Waals surface area contributed by atoms with Crippen LogP contribution in [-0.4, -0.2) is 43.6 Å². The molecule has 0 aliphatic carbocycles. The largest absolute Gasteiger partial charge is 0.377 e. The number of hydrogen-bond acceptors (Lipinski definition) is 6. The van der Waals surface area contributed by atoms with Gasteiger partial charge in [-0.25, -0.2) is 13.4 Å². The Morgan fingerprint density at radius 1 is 1.69 bits per heavy atom. The number of nitrogens with zero attached hydrogens (tertiary/aromatic N) is 2. The molecule has 1 unspecified atom stereocenters. The molecule has 0 aromatic carbocycles. The van der Waals surface area contributed by atoms with E-state index < -0.39 is 16.2 Å². The number of aromatic nitrogens is 1. The number of sulfonamides is 1. The summed E-state index contributed by atoms with van der Waals surface area (Å²) in [6.45, 7) is 2.67. The highest BCUT2D eigenvalue weighted by molar-refractivity contribution is 7.91. The molecule has 1 aromatic rings. The molecule has 90 valence electrons. The van der Waals surface area contributed by atoms with Crippen molar-refractivity contribution in [2.24, 2.45) is 5.73 Å². The standard InChI is InChI=1S/C8H13N3O3S2/c1-6-10-4-8(15-6)16(12,13)11-2-3-14-5-7(11)9/h4,7H,2-3,5,9H2,1H3. The first-order chi connectivity index (χ1) is 7.51. The van der Waals surface area contributed by atoms with Crippen LogP contribution in [0.25, 0.3) is 0 Å². The van der Waals surface area contributed by atoms with Gasteiger partial charge in [0.15, 0.2) is 4.21 Å². The number of thiazole rings is 1. The van der Waals surface area contributed by atoms with Gasteiger partial charge in [-0.1, -0.05) is 0 Å². The van der Waals surface area contributed by atoms with Crippen molar-refractivity contribution in [3.05, 3.63) is 11.2 Å². The van der Waals surface area contributed by atoms with E-state index in [2.05, 4.69) is 4.98 Å². The summed E-state index contributed by atoms with van der Waals surface area (Å²) in [5.41, 5.74) is 5.72. The van der Waals surface area contributed by atoms with Crippen molar-refractivity contribution in [3.63, 3.8) is 0 Å². The zero-order valence-electron chi connectivity index (χ0n) is 8.79. The van der Waals surface area contributed by atoms with Crippen LogP contribution < -0.4 is 5.73 Å². The molecule has 2 rings (SSSR count). The number of ether oxygens (including phenoxy) is 1. The van der Waals surface area contributed by atoms with Crippen molar-refractivity contribution in [2.45, 2.75) is 17.3 Å². The summed E-state index contributed by atoms with van der Waals surface area (Å²) in [7, 11) is -3.51. The first kappa shape index (κ1) is 11.9. The van der Waals surface area contributed by atoms with E-state index in [1.165, 1.54) is 10.5 Å². The Labute approximate surface area is 98.1 Å². The fourth-order valence-corrected chi connectivity index (χ4v) is 4.20. The maximum Gasteiger partial charge on any atom is 0.255 e. The molecule has 8 heteroatoms. The molecule has 1 fully saturated rings. The minimum absolute atomic E-state index is 0.233. The molecular weight excluding hydrogens is 250 g/mol. The third-order valence-electron chi connectivity index (χ3n) is 2.28. The van der Waals surface area contributed by atoms with E-state index in [0.29, 0.717) is 13.2 Å². The van der Waals surface area contributed by atoms with Gasteiger partial charge in [0.25, 0.3) is 10.0 Å². The van der Waals surface area contributed by atoms with E-state index in [1.807, 2.05) is 0 Å². The Bertz CT molecular complexity index is 471. The third kappa shape index (κ3) is 2.11. The summed E-state index contributed by atoms with van der Waals surface area (Å²) in [5.74, 6) is 0. The molecule has 1 aliphatic rings. The van der Waals surface area contributed by atoms with Crippen LogP contribution in [-0.2, 0) is 14.8 Å². The summed E-state index contributed by atoms with van der Waals surface area (Å²) in [5, 5.41) is 0.723. The summed E-state index contributed by atoms with van der Waals surface area (Å²) >= 11 is 1.15.